The van der Waals surface area contributed by atoms with Crippen molar-refractivity contribution in [1.82, 2.24) is 10.3 Å². The van der Waals surface area contributed by atoms with Crippen LogP contribution in [0.25, 0.3) is 0 Å². The number of anilines is 1. The minimum atomic E-state index is -2.73. The fraction of sp³-hybridized carbons (Fsp3) is 0.632. The number of pyridine rings is 1. The average molecular weight is 396 g/mol. The lowest BCUT2D eigenvalue weighted by Gasteiger charge is -2.40. The average Bonchev–Trinajstić information content (AvgIpc) is 3.46. The summed E-state index contributed by atoms with van der Waals surface area (Å²) in [4.78, 5) is 29.5. The van der Waals surface area contributed by atoms with Crippen LogP contribution >= 0.6 is 0 Å². The van der Waals surface area contributed by atoms with Gasteiger partial charge in [0.2, 0.25) is 0 Å². The first-order valence-electron chi connectivity index (χ1n) is 9.37. The molecule has 0 bridgehead atoms. The Morgan fingerprint density at radius 1 is 1.50 bits per heavy atom. The SMILES string of the molecule is CC(C)(CN)C(C=O)NC(=O)c1cc(OCC2CC2)c(N2CC(F)(F)C2)cn1. The second kappa shape index (κ2) is 7.62. The monoisotopic (exact) mass is 396 g/mol. The lowest BCUT2D eigenvalue weighted by atomic mass is 9.85. The zero-order chi connectivity index (χ0) is 20.5. The molecule has 1 unspecified atom stereocenters. The van der Waals surface area contributed by atoms with Gasteiger partial charge >= 0.3 is 0 Å². The number of ether oxygens (including phenoxy) is 1. The van der Waals surface area contributed by atoms with E-state index in [9.17, 15) is 18.4 Å². The molecule has 0 radical (unpaired) electrons. The molecule has 9 heteroatoms. The highest BCUT2D eigenvalue weighted by Crippen LogP contribution is 2.38. The number of aromatic nitrogens is 1. The van der Waals surface area contributed by atoms with Gasteiger partial charge in [0.15, 0.2) is 0 Å². The van der Waals surface area contributed by atoms with Gasteiger partial charge in [0.05, 0.1) is 37.6 Å². The second-order valence-corrected chi connectivity index (χ2v) is 8.28. The Morgan fingerprint density at radius 2 is 2.18 bits per heavy atom. The van der Waals surface area contributed by atoms with Crippen LogP contribution in [0.1, 0.15) is 37.2 Å². The predicted molar refractivity (Wildman–Crippen MR) is 99.8 cm³/mol. The minimum Gasteiger partial charge on any atom is -0.491 e. The van der Waals surface area contributed by atoms with Gasteiger partial charge in [0, 0.05) is 11.5 Å². The molecule has 3 rings (SSSR count). The van der Waals surface area contributed by atoms with Crippen molar-refractivity contribution in [3.8, 4) is 5.75 Å². The van der Waals surface area contributed by atoms with Crippen LogP contribution in [0.3, 0.4) is 0 Å². The number of rotatable bonds is 9. The largest absolute Gasteiger partial charge is 0.491 e. The summed E-state index contributed by atoms with van der Waals surface area (Å²) in [6.45, 7) is 3.42. The molecule has 7 nitrogen and oxygen atoms in total. The van der Waals surface area contributed by atoms with Gasteiger partial charge in [-0.3, -0.25) is 4.79 Å². The molecule has 1 aliphatic carbocycles. The number of amides is 1. The van der Waals surface area contributed by atoms with Crippen LogP contribution in [0.4, 0.5) is 14.5 Å². The number of nitrogens with zero attached hydrogens (tertiary/aromatic N) is 2. The number of hydrogen-bond donors (Lipinski definition) is 2. The molecular weight excluding hydrogens is 370 g/mol. The third kappa shape index (κ3) is 4.57. The maximum Gasteiger partial charge on any atom is 0.282 e. The number of nitrogens with one attached hydrogen (secondary N) is 1. The van der Waals surface area contributed by atoms with Crippen molar-refractivity contribution in [3.63, 3.8) is 0 Å². The Labute approximate surface area is 162 Å². The summed E-state index contributed by atoms with van der Waals surface area (Å²) in [5.41, 5.74) is 5.56. The van der Waals surface area contributed by atoms with Gasteiger partial charge in [-0.2, -0.15) is 0 Å². The highest BCUT2D eigenvalue weighted by atomic mass is 19.3. The second-order valence-electron chi connectivity index (χ2n) is 8.28. The fourth-order valence-corrected chi connectivity index (χ4v) is 2.84. The first kappa shape index (κ1) is 20.4. The number of hydrogen-bond acceptors (Lipinski definition) is 6. The molecule has 1 aromatic rings. The quantitative estimate of drug-likeness (QED) is 0.616. The molecule has 154 valence electrons. The summed E-state index contributed by atoms with van der Waals surface area (Å²) >= 11 is 0. The van der Waals surface area contributed by atoms with Crippen molar-refractivity contribution in [1.29, 1.82) is 0 Å². The summed E-state index contributed by atoms with van der Waals surface area (Å²) in [5.74, 6) is -2.46. The van der Waals surface area contributed by atoms with E-state index in [0.717, 1.165) is 12.8 Å². The van der Waals surface area contributed by atoms with E-state index in [1.54, 1.807) is 13.8 Å². The molecule has 0 aromatic carbocycles. The molecule has 3 N–H and O–H groups in total. The van der Waals surface area contributed by atoms with Crippen molar-refractivity contribution in [2.24, 2.45) is 17.1 Å². The van der Waals surface area contributed by atoms with Gasteiger partial charge in [-0.05, 0) is 25.3 Å². The predicted octanol–water partition coefficient (Wildman–Crippen LogP) is 1.61. The molecule has 2 aliphatic rings. The molecule has 1 amide bonds. The lowest BCUT2D eigenvalue weighted by Crippen LogP contribution is -2.56. The van der Waals surface area contributed by atoms with Gasteiger partial charge in [0.1, 0.15) is 17.7 Å². The third-order valence-electron chi connectivity index (χ3n) is 5.23. The Morgan fingerprint density at radius 3 is 2.71 bits per heavy atom. The molecule has 2 fully saturated rings. The van der Waals surface area contributed by atoms with E-state index >= 15 is 0 Å². The van der Waals surface area contributed by atoms with Gasteiger partial charge in [-0.1, -0.05) is 13.8 Å². The number of halogens is 2. The van der Waals surface area contributed by atoms with Gasteiger partial charge in [-0.15, -0.1) is 0 Å². The summed E-state index contributed by atoms with van der Waals surface area (Å²) in [7, 11) is 0. The Balaban J connectivity index is 1.77. The first-order chi connectivity index (χ1) is 13.1. The highest BCUT2D eigenvalue weighted by molar-refractivity contribution is 5.94. The Hall–Kier alpha value is -2.29. The maximum atomic E-state index is 13.3. The van der Waals surface area contributed by atoms with Gasteiger partial charge in [0.25, 0.3) is 11.8 Å². The van der Waals surface area contributed by atoms with E-state index in [1.165, 1.54) is 17.2 Å². The number of carbonyl (C=O) groups is 2. The van der Waals surface area contributed by atoms with Crippen LogP contribution < -0.4 is 20.7 Å². The van der Waals surface area contributed by atoms with E-state index in [-0.39, 0.29) is 12.2 Å². The molecule has 1 saturated heterocycles. The number of nitrogens with two attached hydrogens (primary N) is 1. The van der Waals surface area contributed by atoms with Crippen molar-refractivity contribution in [2.75, 3.05) is 31.1 Å². The molecule has 28 heavy (non-hydrogen) atoms. The summed E-state index contributed by atoms with van der Waals surface area (Å²) < 4.78 is 32.3. The minimum absolute atomic E-state index is 0.0569. The van der Waals surface area contributed by atoms with Crippen LogP contribution in [-0.2, 0) is 4.79 Å². The summed E-state index contributed by atoms with van der Waals surface area (Å²) in [6.07, 6.45) is 4.16. The summed E-state index contributed by atoms with van der Waals surface area (Å²) in [6, 6.07) is 0.664. The summed E-state index contributed by atoms with van der Waals surface area (Å²) in [5, 5.41) is 2.63. The normalized spacial score (nSPS) is 19.5. The van der Waals surface area contributed by atoms with Gasteiger partial charge < -0.3 is 25.5 Å². The smallest absolute Gasteiger partial charge is 0.282 e. The zero-order valence-corrected chi connectivity index (χ0v) is 16.1. The fourth-order valence-electron chi connectivity index (χ4n) is 2.84. The molecule has 2 heterocycles. The number of carbonyl (C=O) groups excluding carboxylic acids is 2. The van der Waals surface area contributed by atoms with Crippen LogP contribution in [0, 0.1) is 11.3 Å². The van der Waals surface area contributed by atoms with Crippen LogP contribution in [0.5, 0.6) is 5.75 Å². The topological polar surface area (TPSA) is 97.5 Å². The lowest BCUT2D eigenvalue weighted by molar-refractivity contribution is -0.111. The van der Waals surface area contributed by atoms with E-state index in [0.29, 0.717) is 30.2 Å². The molecular formula is C19H26F2N4O3. The van der Waals surface area contributed by atoms with Crippen molar-refractivity contribution in [3.05, 3.63) is 18.0 Å². The van der Waals surface area contributed by atoms with E-state index in [4.69, 9.17) is 10.5 Å². The molecule has 0 spiro atoms. The molecule has 1 aromatic heterocycles. The number of alkyl halides is 2. The first-order valence-corrected chi connectivity index (χ1v) is 9.37. The van der Waals surface area contributed by atoms with Crippen LogP contribution in [-0.4, -0.2) is 55.4 Å². The van der Waals surface area contributed by atoms with E-state index < -0.39 is 36.4 Å². The van der Waals surface area contributed by atoms with Crippen LogP contribution in [0.2, 0.25) is 0 Å². The van der Waals surface area contributed by atoms with Crippen molar-refractivity contribution in [2.45, 2.75) is 38.7 Å². The Kier molecular flexibility index (Phi) is 5.56. The number of aldehydes is 1. The van der Waals surface area contributed by atoms with Crippen molar-refractivity contribution < 1.29 is 23.1 Å². The van der Waals surface area contributed by atoms with E-state index in [1.807, 2.05) is 0 Å². The molecule has 1 saturated carbocycles. The Bertz CT molecular complexity index is 745. The molecule has 1 atom stereocenters. The van der Waals surface area contributed by atoms with E-state index in [2.05, 4.69) is 10.3 Å². The molecule has 1 aliphatic heterocycles. The van der Waals surface area contributed by atoms with Crippen LogP contribution in [0.15, 0.2) is 12.3 Å². The zero-order valence-electron chi connectivity index (χ0n) is 16.1. The van der Waals surface area contributed by atoms with Gasteiger partial charge in [-0.25, -0.2) is 13.8 Å². The highest BCUT2D eigenvalue weighted by Gasteiger charge is 2.45. The van der Waals surface area contributed by atoms with Crippen molar-refractivity contribution >= 4 is 17.9 Å². The third-order valence-corrected chi connectivity index (χ3v) is 5.23. The maximum absolute atomic E-state index is 13.3. The standard InChI is InChI=1S/C19H26F2N4O3/c1-18(2,9-22)16(7-26)24-17(27)13-5-15(28-8-12-3-4-12)14(6-23-13)25-10-19(20,21)11-25/h5-7,12,16H,3-4,8-11,22H2,1-2H3,(H,24,27).